The molecule has 1 rings (SSSR count). The fourth-order valence-corrected chi connectivity index (χ4v) is 1.83. The van der Waals surface area contributed by atoms with Gasteiger partial charge >= 0.3 is 0 Å². The number of hydrogen-bond acceptors (Lipinski definition) is 4. The monoisotopic (exact) mass is 202 g/mol. The van der Waals surface area contributed by atoms with E-state index in [0.29, 0.717) is 13.1 Å². The molecule has 1 heterocycles. The van der Waals surface area contributed by atoms with E-state index in [2.05, 4.69) is 18.7 Å². The van der Waals surface area contributed by atoms with Crippen molar-refractivity contribution in [3.05, 3.63) is 0 Å². The van der Waals surface area contributed by atoms with E-state index in [1.165, 1.54) is 0 Å². The molecule has 1 fully saturated rings. The molecule has 0 aromatic rings. The molecule has 0 bridgehead atoms. The van der Waals surface area contributed by atoms with Crippen LogP contribution in [0.15, 0.2) is 0 Å². The lowest BCUT2D eigenvalue weighted by Crippen LogP contribution is -2.43. The van der Waals surface area contributed by atoms with E-state index < -0.39 is 6.10 Å². The van der Waals surface area contributed by atoms with Crippen LogP contribution in [0.25, 0.3) is 0 Å². The fraction of sp³-hybridized carbons (Fsp3) is 1.00. The van der Waals surface area contributed by atoms with E-state index in [4.69, 9.17) is 10.5 Å². The summed E-state index contributed by atoms with van der Waals surface area (Å²) in [5.74, 6) is 0. The SMILES string of the molecule is CC1(C)CN(C[C@@H](O)CN)CCCO1. The summed E-state index contributed by atoms with van der Waals surface area (Å²) in [6.07, 6.45) is 0.615. The lowest BCUT2D eigenvalue weighted by atomic mass is 10.1. The summed E-state index contributed by atoms with van der Waals surface area (Å²) in [5.41, 5.74) is 5.28. The van der Waals surface area contributed by atoms with Crippen molar-refractivity contribution in [2.75, 3.05) is 32.8 Å². The highest BCUT2D eigenvalue weighted by Crippen LogP contribution is 2.16. The van der Waals surface area contributed by atoms with Gasteiger partial charge in [-0.1, -0.05) is 0 Å². The van der Waals surface area contributed by atoms with Crippen molar-refractivity contribution >= 4 is 0 Å². The Kier molecular flexibility index (Phi) is 4.31. The molecule has 14 heavy (non-hydrogen) atoms. The molecular formula is C10H22N2O2. The molecule has 0 radical (unpaired) electrons. The maximum atomic E-state index is 9.46. The molecule has 0 spiro atoms. The van der Waals surface area contributed by atoms with E-state index in [0.717, 1.165) is 26.1 Å². The average molecular weight is 202 g/mol. The molecule has 1 atom stereocenters. The Hall–Kier alpha value is -0.160. The summed E-state index contributed by atoms with van der Waals surface area (Å²) < 4.78 is 5.68. The number of nitrogens with zero attached hydrogens (tertiary/aromatic N) is 1. The third-order valence-corrected chi connectivity index (χ3v) is 2.46. The molecule has 3 N–H and O–H groups in total. The van der Waals surface area contributed by atoms with Gasteiger partial charge in [-0.25, -0.2) is 0 Å². The Bertz CT molecular complexity index is 174. The van der Waals surface area contributed by atoms with Crippen LogP contribution in [0, 0.1) is 0 Å². The first-order chi connectivity index (χ1) is 6.53. The van der Waals surface area contributed by atoms with Gasteiger partial charge < -0.3 is 15.6 Å². The van der Waals surface area contributed by atoms with E-state index in [9.17, 15) is 5.11 Å². The van der Waals surface area contributed by atoms with Crippen molar-refractivity contribution in [1.29, 1.82) is 0 Å². The van der Waals surface area contributed by atoms with Crippen LogP contribution in [-0.4, -0.2) is 54.5 Å². The minimum atomic E-state index is -0.413. The number of hydrogen-bond donors (Lipinski definition) is 2. The molecule has 1 saturated heterocycles. The predicted molar refractivity (Wildman–Crippen MR) is 56.1 cm³/mol. The zero-order valence-corrected chi connectivity index (χ0v) is 9.20. The van der Waals surface area contributed by atoms with E-state index in [1.807, 2.05) is 0 Å². The predicted octanol–water partition coefficient (Wildman–Crippen LogP) is -0.193. The van der Waals surface area contributed by atoms with Crippen molar-refractivity contribution in [3.8, 4) is 0 Å². The van der Waals surface area contributed by atoms with Gasteiger partial charge in [0, 0.05) is 32.8 Å². The topological polar surface area (TPSA) is 58.7 Å². The second-order valence-electron chi connectivity index (χ2n) is 4.59. The minimum Gasteiger partial charge on any atom is -0.390 e. The zero-order chi connectivity index (χ0) is 10.6. The van der Waals surface area contributed by atoms with Gasteiger partial charge in [0.15, 0.2) is 0 Å². The van der Waals surface area contributed by atoms with E-state index >= 15 is 0 Å². The van der Waals surface area contributed by atoms with Gasteiger partial charge in [-0.05, 0) is 20.3 Å². The number of nitrogens with two attached hydrogens (primary N) is 1. The molecule has 4 nitrogen and oxygen atoms in total. The number of β-amino-alcohol motifs (C(OH)–C–C–N with tert-alkyl or cyclic N) is 1. The molecule has 1 aliphatic rings. The molecule has 1 aliphatic heterocycles. The van der Waals surface area contributed by atoms with Crippen LogP contribution in [0.1, 0.15) is 20.3 Å². The first-order valence-electron chi connectivity index (χ1n) is 5.28. The molecule has 0 saturated carbocycles. The zero-order valence-electron chi connectivity index (χ0n) is 9.20. The normalized spacial score (nSPS) is 25.7. The number of aliphatic hydroxyl groups excluding tert-OH is 1. The lowest BCUT2D eigenvalue weighted by molar-refractivity contribution is -0.0212. The van der Waals surface area contributed by atoms with Crippen LogP contribution in [0.5, 0.6) is 0 Å². The first-order valence-corrected chi connectivity index (χ1v) is 5.28. The van der Waals surface area contributed by atoms with Crippen molar-refractivity contribution < 1.29 is 9.84 Å². The molecule has 4 heteroatoms. The fourth-order valence-electron chi connectivity index (χ4n) is 1.83. The number of rotatable bonds is 3. The lowest BCUT2D eigenvalue weighted by Gasteiger charge is -2.30. The average Bonchev–Trinajstić information content (AvgIpc) is 2.26. The standard InChI is InChI=1S/C10H22N2O2/c1-10(2)8-12(4-3-5-14-10)7-9(13)6-11/h9,13H,3-8,11H2,1-2H3/t9-/m0/s1. The van der Waals surface area contributed by atoms with Crippen molar-refractivity contribution in [3.63, 3.8) is 0 Å². The maximum absolute atomic E-state index is 9.46. The van der Waals surface area contributed by atoms with Gasteiger partial charge in [0.1, 0.15) is 0 Å². The van der Waals surface area contributed by atoms with Gasteiger partial charge in [-0.2, -0.15) is 0 Å². The molecule has 0 unspecified atom stereocenters. The first kappa shape index (κ1) is 11.9. The van der Waals surface area contributed by atoms with E-state index in [1.54, 1.807) is 0 Å². The summed E-state index contributed by atoms with van der Waals surface area (Å²) in [6.45, 7) is 7.81. The molecular weight excluding hydrogens is 180 g/mol. The van der Waals surface area contributed by atoms with E-state index in [-0.39, 0.29) is 5.60 Å². The van der Waals surface area contributed by atoms with Gasteiger partial charge in [0.25, 0.3) is 0 Å². The van der Waals surface area contributed by atoms with Crippen LogP contribution in [-0.2, 0) is 4.74 Å². The summed E-state index contributed by atoms with van der Waals surface area (Å²) in [5, 5.41) is 9.46. The van der Waals surface area contributed by atoms with Crippen LogP contribution >= 0.6 is 0 Å². The number of aliphatic hydroxyl groups is 1. The number of ether oxygens (including phenoxy) is 1. The Labute approximate surface area is 86.0 Å². The van der Waals surface area contributed by atoms with Gasteiger partial charge in [0.05, 0.1) is 11.7 Å². The summed E-state index contributed by atoms with van der Waals surface area (Å²) >= 11 is 0. The van der Waals surface area contributed by atoms with Gasteiger partial charge in [-0.3, -0.25) is 4.90 Å². The highest BCUT2D eigenvalue weighted by atomic mass is 16.5. The second kappa shape index (κ2) is 5.07. The van der Waals surface area contributed by atoms with Crippen LogP contribution in [0.3, 0.4) is 0 Å². The summed E-state index contributed by atoms with van der Waals surface area (Å²) in [7, 11) is 0. The third-order valence-electron chi connectivity index (χ3n) is 2.46. The van der Waals surface area contributed by atoms with Crippen molar-refractivity contribution in [2.24, 2.45) is 5.73 Å². The molecule has 0 aromatic carbocycles. The molecule has 0 aliphatic carbocycles. The van der Waals surface area contributed by atoms with Crippen molar-refractivity contribution in [2.45, 2.75) is 32.0 Å². The Morgan fingerprint density at radius 1 is 1.57 bits per heavy atom. The summed E-state index contributed by atoms with van der Waals surface area (Å²) in [6, 6.07) is 0. The van der Waals surface area contributed by atoms with Gasteiger partial charge in [-0.15, -0.1) is 0 Å². The van der Waals surface area contributed by atoms with Gasteiger partial charge in [0.2, 0.25) is 0 Å². The second-order valence-corrected chi connectivity index (χ2v) is 4.59. The minimum absolute atomic E-state index is 0.106. The third kappa shape index (κ3) is 3.92. The Morgan fingerprint density at radius 2 is 2.29 bits per heavy atom. The maximum Gasteiger partial charge on any atom is 0.0789 e. The highest BCUT2D eigenvalue weighted by molar-refractivity contribution is 4.79. The molecule has 0 amide bonds. The highest BCUT2D eigenvalue weighted by Gasteiger charge is 2.25. The van der Waals surface area contributed by atoms with Crippen LogP contribution < -0.4 is 5.73 Å². The molecule has 0 aromatic heterocycles. The van der Waals surface area contributed by atoms with Crippen LogP contribution in [0.4, 0.5) is 0 Å². The Morgan fingerprint density at radius 3 is 2.93 bits per heavy atom. The largest absolute Gasteiger partial charge is 0.390 e. The Balaban J connectivity index is 2.43. The smallest absolute Gasteiger partial charge is 0.0789 e. The quantitative estimate of drug-likeness (QED) is 0.666. The van der Waals surface area contributed by atoms with Crippen LogP contribution in [0.2, 0.25) is 0 Å². The summed E-state index contributed by atoms with van der Waals surface area (Å²) in [4.78, 5) is 2.23. The molecule has 84 valence electrons. The van der Waals surface area contributed by atoms with Crippen molar-refractivity contribution in [1.82, 2.24) is 4.90 Å².